The molecule has 1 aliphatic heterocycles. The number of hydrogen-bond acceptors (Lipinski definition) is 5. The van der Waals surface area contributed by atoms with Gasteiger partial charge in [0.15, 0.2) is 0 Å². The van der Waals surface area contributed by atoms with Crippen molar-refractivity contribution in [2.24, 2.45) is 0 Å². The minimum absolute atomic E-state index is 0.0321. The minimum Gasteiger partial charge on any atom is -0.349 e. The molecule has 0 unspecified atom stereocenters. The highest BCUT2D eigenvalue weighted by Crippen LogP contribution is 2.36. The van der Waals surface area contributed by atoms with Crippen LogP contribution in [0.1, 0.15) is 52.5 Å². The summed E-state index contributed by atoms with van der Waals surface area (Å²) in [5.41, 5.74) is -1.03. The number of thiazole rings is 1. The SMILES string of the molecule is O=C(CNC(=O)c1cccc(C(F)(F)F)c1)NC1CN(C2CCC(c3nccs3)CC2)C1. The number of amides is 2. The van der Waals surface area contributed by atoms with Gasteiger partial charge in [-0.3, -0.25) is 14.5 Å². The van der Waals surface area contributed by atoms with E-state index in [1.807, 2.05) is 11.6 Å². The predicted octanol–water partition coefficient (Wildman–Crippen LogP) is 3.42. The molecule has 0 bridgehead atoms. The van der Waals surface area contributed by atoms with Gasteiger partial charge in [0, 0.05) is 42.2 Å². The largest absolute Gasteiger partial charge is 0.416 e. The molecule has 1 aliphatic carbocycles. The van der Waals surface area contributed by atoms with Gasteiger partial charge in [-0.15, -0.1) is 11.3 Å². The normalized spacial score (nSPS) is 22.2. The third-order valence-corrected chi connectivity index (χ3v) is 7.09. The van der Waals surface area contributed by atoms with E-state index in [1.54, 1.807) is 11.3 Å². The molecular formula is C22H25F3N4O2S. The maximum atomic E-state index is 12.8. The van der Waals surface area contributed by atoms with Crippen LogP contribution in [-0.2, 0) is 11.0 Å². The molecule has 1 saturated carbocycles. The first-order chi connectivity index (χ1) is 15.3. The Morgan fingerprint density at radius 2 is 1.91 bits per heavy atom. The van der Waals surface area contributed by atoms with Gasteiger partial charge in [-0.2, -0.15) is 13.2 Å². The highest BCUT2D eigenvalue weighted by molar-refractivity contribution is 7.09. The number of nitrogens with one attached hydrogen (secondary N) is 2. The molecule has 32 heavy (non-hydrogen) atoms. The summed E-state index contributed by atoms with van der Waals surface area (Å²) in [6.07, 6.45) is 1.84. The Kier molecular flexibility index (Phi) is 6.80. The fraction of sp³-hybridized carbons (Fsp3) is 0.500. The zero-order chi connectivity index (χ0) is 22.7. The summed E-state index contributed by atoms with van der Waals surface area (Å²) < 4.78 is 38.3. The zero-order valence-corrected chi connectivity index (χ0v) is 18.2. The zero-order valence-electron chi connectivity index (χ0n) is 17.4. The van der Waals surface area contributed by atoms with Gasteiger partial charge in [-0.25, -0.2) is 4.98 Å². The summed E-state index contributed by atoms with van der Waals surface area (Å²) >= 11 is 1.72. The van der Waals surface area contributed by atoms with Crippen molar-refractivity contribution >= 4 is 23.2 Å². The van der Waals surface area contributed by atoms with Crippen LogP contribution in [0.15, 0.2) is 35.8 Å². The van der Waals surface area contributed by atoms with Crippen LogP contribution in [0.3, 0.4) is 0 Å². The van der Waals surface area contributed by atoms with E-state index in [2.05, 4.69) is 20.5 Å². The van der Waals surface area contributed by atoms with Crippen molar-refractivity contribution in [3.8, 4) is 0 Å². The number of rotatable bonds is 6. The summed E-state index contributed by atoms with van der Waals surface area (Å²) in [5.74, 6) is -0.496. The highest BCUT2D eigenvalue weighted by atomic mass is 32.1. The summed E-state index contributed by atoms with van der Waals surface area (Å²) in [4.78, 5) is 31.0. The van der Waals surface area contributed by atoms with Gasteiger partial charge < -0.3 is 10.6 Å². The molecular weight excluding hydrogens is 441 g/mol. The lowest BCUT2D eigenvalue weighted by Gasteiger charge is -2.46. The summed E-state index contributed by atoms with van der Waals surface area (Å²) in [6, 6.07) is 4.70. The Morgan fingerprint density at radius 1 is 1.16 bits per heavy atom. The van der Waals surface area contributed by atoms with Crippen molar-refractivity contribution in [3.05, 3.63) is 52.0 Å². The second-order valence-electron chi connectivity index (χ2n) is 8.36. The average Bonchev–Trinajstić information content (AvgIpc) is 3.29. The first-order valence-corrected chi connectivity index (χ1v) is 11.6. The number of alkyl halides is 3. The van der Waals surface area contributed by atoms with Crippen LogP contribution in [-0.4, -0.2) is 53.4 Å². The molecule has 1 aromatic carbocycles. The minimum atomic E-state index is -4.52. The topological polar surface area (TPSA) is 74.3 Å². The molecule has 0 radical (unpaired) electrons. The van der Waals surface area contributed by atoms with Gasteiger partial charge in [0.25, 0.3) is 5.91 Å². The van der Waals surface area contributed by atoms with Crippen molar-refractivity contribution in [1.29, 1.82) is 0 Å². The van der Waals surface area contributed by atoms with Gasteiger partial charge in [-0.05, 0) is 43.9 Å². The summed E-state index contributed by atoms with van der Waals surface area (Å²) in [7, 11) is 0. The fourth-order valence-electron chi connectivity index (χ4n) is 4.40. The molecule has 1 aromatic heterocycles. The van der Waals surface area contributed by atoms with Gasteiger partial charge in [0.1, 0.15) is 0 Å². The molecule has 6 nitrogen and oxygen atoms in total. The lowest BCUT2D eigenvalue weighted by Crippen LogP contribution is -2.63. The third kappa shape index (κ3) is 5.47. The maximum Gasteiger partial charge on any atom is 0.416 e. The predicted molar refractivity (Wildman–Crippen MR) is 114 cm³/mol. The number of hydrogen-bond donors (Lipinski definition) is 2. The molecule has 1 saturated heterocycles. The van der Waals surface area contributed by atoms with Crippen LogP contribution in [0.25, 0.3) is 0 Å². The Hall–Kier alpha value is -2.46. The van der Waals surface area contributed by atoms with E-state index in [9.17, 15) is 22.8 Å². The molecule has 2 N–H and O–H groups in total. The molecule has 2 heterocycles. The van der Waals surface area contributed by atoms with E-state index in [4.69, 9.17) is 0 Å². The van der Waals surface area contributed by atoms with Gasteiger partial charge in [-0.1, -0.05) is 6.07 Å². The van der Waals surface area contributed by atoms with Gasteiger partial charge >= 0.3 is 6.18 Å². The number of carbonyl (C=O) groups is 2. The molecule has 0 atom stereocenters. The monoisotopic (exact) mass is 466 g/mol. The van der Waals surface area contributed by atoms with Crippen LogP contribution in [0.2, 0.25) is 0 Å². The Labute approximate surface area is 188 Å². The molecule has 2 fully saturated rings. The van der Waals surface area contributed by atoms with Crippen molar-refractivity contribution in [3.63, 3.8) is 0 Å². The Balaban J connectivity index is 1.15. The number of nitrogens with zero attached hydrogens (tertiary/aromatic N) is 2. The van der Waals surface area contributed by atoms with E-state index in [-0.39, 0.29) is 24.1 Å². The number of halogens is 3. The maximum absolute atomic E-state index is 12.8. The van der Waals surface area contributed by atoms with Crippen LogP contribution in [0, 0.1) is 0 Å². The third-order valence-electron chi connectivity index (χ3n) is 6.15. The van der Waals surface area contributed by atoms with Gasteiger partial charge in [0.05, 0.1) is 23.2 Å². The first kappa shape index (κ1) is 22.7. The molecule has 2 aliphatic rings. The fourth-order valence-corrected chi connectivity index (χ4v) is 5.22. The van der Waals surface area contributed by atoms with E-state index >= 15 is 0 Å². The molecule has 2 aromatic rings. The molecule has 10 heteroatoms. The Morgan fingerprint density at radius 3 is 2.56 bits per heavy atom. The lowest BCUT2D eigenvalue weighted by molar-refractivity contribution is -0.137. The average molecular weight is 467 g/mol. The van der Waals surface area contributed by atoms with Crippen LogP contribution >= 0.6 is 11.3 Å². The van der Waals surface area contributed by atoms with Crippen molar-refractivity contribution in [2.45, 2.75) is 49.9 Å². The standard InChI is InChI=1S/C22H25F3N4O2S/c23-22(24,25)16-3-1-2-15(10-16)20(31)27-11-19(30)28-17-12-29(13-17)18-6-4-14(5-7-18)21-26-8-9-32-21/h1-3,8-10,14,17-18H,4-7,11-13H2,(H,27,31)(H,28,30). The van der Waals surface area contributed by atoms with E-state index in [0.717, 1.165) is 50.9 Å². The Bertz CT molecular complexity index is 937. The van der Waals surface area contributed by atoms with Crippen molar-refractivity contribution < 1.29 is 22.8 Å². The van der Waals surface area contributed by atoms with E-state index in [0.29, 0.717) is 12.0 Å². The number of benzene rings is 1. The smallest absolute Gasteiger partial charge is 0.349 e. The molecule has 172 valence electrons. The highest BCUT2D eigenvalue weighted by Gasteiger charge is 2.36. The van der Waals surface area contributed by atoms with Crippen LogP contribution in [0.5, 0.6) is 0 Å². The first-order valence-electron chi connectivity index (χ1n) is 10.7. The van der Waals surface area contributed by atoms with Crippen LogP contribution in [0.4, 0.5) is 13.2 Å². The summed E-state index contributed by atoms with van der Waals surface area (Å²) in [5, 5.41) is 8.51. The second kappa shape index (κ2) is 9.58. The lowest BCUT2D eigenvalue weighted by atomic mass is 9.84. The quantitative estimate of drug-likeness (QED) is 0.684. The van der Waals surface area contributed by atoms with Crippen LogP contribution < -0.4 is 10.6 Å². The number of aromatic nitrogens is 1. The van der Waals surface area contributed by atoms with E-state index < -0.39 is 17.6 Å². The van der Waals surface area contributed by atoms with Gasteiger partial charge in [0.2, 0.25) is 5.91 Å². The second-order valence-corrected chi connectivity index (χ2v) is 9.28. The van der Waals surface area contributed by atoms with Crippen molar-refractivity contribution in [1.82, 2.24) is 20.5 Å². The molecule has 2 amide bonds. The molecule has 0 spiro atoms. The van der Waals surface area contributed by atoms with Crippen molar-refractivity contribution in [2.75, 3.05) is 19.6 Å². The van der Waals surface area contributed by atoms with E-state index in [1.165, 1.54) is 17.1 Å². The number of likely N-dealkylation sites (tertiary alicyclic amines) is 1. The summed E-state index contributed by atoms with van der Waals surface area (Å²) in [6.45, 7) is 1.28. The number of carbonyl (C=O) groups excluding carboxylic acids is 2. The molecule has 4 rings (SSSR count).